The molecule has 6 heteroatoms. The Morgan fingerprint density at radius 3 is 3.29 bits per heavy atom. The van der Waals surface area contributed by atoms with Gasteiger partial charge in [-0.25, -0.2) is 4.98 Å². The van der Waals surface area contributed by atoms with Gasteiger partial charge in [-0.1, -0.05) is 17.3 Å². The van der Waals surface area contributed by atoms with Crippen LogP contribution in [0.25, 0.3) is 4.96 Å². The van der Waals surface area contributed by atoms with Gasteiger partial charge in [0, 0.05) is 12.3 Å². The number of terminal acetylenes is 1. The fourth-order valence-electron chi connectivity index (χ4n) is 0.942. The van der Waals surface area contributed by atoms with E-state index < -0.39 is 0 Å². The summed E-state index contributed by atoms with van der Waals surface area (Å²) in [7, 11) is 0. The largest absolute Gasteiger partial charge is 0.349 e. The van der Waals surface area contributed by atoms with Crippen molar-refractivity contribution in [3.63, 3.8) is 0 Å². The summed E-state index contributed by atoms with van der Waals surface area (Å²) in [6.07, 6.45) is 6.54. The summed E-state index contributed by atoms with van der Waals surface area (Å²) >= 11 is 1.29. The first-order valence-corrected chi connectivity index (χ1v) is 4.65. The van der Waals surface area contributed by atoms with Gasteiger partial charge in [0.05, 0.1) is 6.54 Å². The summed E-state index contributed by atoms with van der Waals surface area (Å²) in [6, 6.07) is 1.36. The van der Waals surface area contributed by atoms with E-state index in [1.54, 1.807) is 0 Å². The van der Waals surface area contributed by atoms with Gasteiger partial charge < -0.3 is 5.32 Å². The Balaban J connectivity index is 2.48. The van der Waals surface area contributed by atoms with Crippen LogP contribution < -0.4 is 10.9 Å². The van der Waals surface area contributed by atoms with Gasteiger partial charge in [-0.2, -0.15) is 4.52 Å². The summed E-state index contributed by atoms with van der Waals surface area (Å²) in [4.78, 5) is 15.8. The van der Waals surface area contributed by atoms with E-state index in [1.807, 2.05) is 0 Å². The molecule has 0 unspecified atom stereocenters. The molecule has 0 aliphatic rings. The Bertz CT molecular complexity index is 550. The van der Waals surface area contributed by atoms with Gasteiger partial charge in [0.2, 0.25) is 10.1 Å². The highest BCUT2D eigenvalue weighted by Crippen LogP contribution is 2.14. The second-order valence-electron chi connectivity index (χ2n) is 2.44. The van der Waals surface area contributed by atoms with Gasteiger partial charge in [-0.3, -0.25) is 4.79 Å². The Morgan fingerprint density at radius 2 is 2.57 bits per heavy atom. The molecule has 0 amide bonds. The van der Waals surface area contributed by atoms with Crippen LogP contribution in [0.1, 0.15) is 0 Å². The first kappa shape index (κ1) is 8.72. The van der Waals surface area contributed by atoms with Crippen molar-refractivity contribution in [2.24, 2.45) is 0 Å². The predicted octanol–water partition coefficient (Wildman–Crippen LogP) is 0.196. The van der Waals surface area contributed by atoms with E-state index in [-0.39, 0.29) is 5.56 Å². The van der Waals surface area contributed by atoms with Gasteiger partial charge >= 0.3 is 0 Å². The molecule has 0 aromatic carbocycles. The molecule has 2 rings (SSSR count). The third-order valence-corrected chi connectivity index (χ3v) is 2.39. The molecule has 0 spiro atoms. The zero-order valence-electron chi connectivity index (χ0n) is 7.10. The monoisotopic (exact) mass is 206 g/mol. The lowest BCUT2D eigenvalue weighted by molar-refractivity contribution is 0.900. The molecule has 1 N–H and O–H groups in total. The van der Waals surface area contributed by atoms with Crippen molar-refractivity contribution >= 4 is 21.4 Å². The second kappa shape index (κ2) is 3.47. The fourth-order valence-corrected chi connectivity index (χ4v) is 1.71. The van der Waals surface area contributed by atoms with Crippen molar-refractivity contribution in [1.29, 1.82) is 0 Å². The molecular weight excluding hydrogens is 200 g/mol. The quantitative estimate of drug-likeness (QED) is 0.713. The zero-order valence-corrected chi connectivity index (χ0v) is 7.91. The van der Waals surface area contributed by atoms with Gasteiger partial charge in [0.15, 0.2) is 0 Å². The maximum Gasteiger partial charge on any atom is 0.275 e. The van der Waals surface area contributed by atoms with Crippen molar-refractivity contribution in [2.45, 2.75) is 0 Å². The maximum atomic E-state index is 11.3. The van der Waals surface area contributed by atoms with Crippen LogP contribution in [-0.2, 0) is 0 Å². The number of aromatic nitrogens is 3. The van der Waals surface area contributed by atoms with Crippen LogP contribution in [0.3, 0.4) is 0 Å². The van der Waals surface area contributed by atoms with Crippen LogP contribution in [-0.4, -0.2) is 21.1 Å². The average Bonchev–Trinajstić information content (AvgIpc) is 2.59. The zero-order chi connectivity index (χ0) is 9.97. The summed E-state index contributed by atoms with van der Waals surface area (Å²) < 4.78 is 1.24. The van der Waals surface area contributed by atoms with Crippen molar-refractivity contribution in [1.82, 2.24) is 14.6 Å². The summed E-state index contributed by atoms with van der Waals surface area (Å²) in [5.74, 6) is 2.42. The van der Waals surface area contributed by atoms with E-state index in [4.69, 9.17) is 6.42 Å². The van der Waals surface area contributed by atoms with Crippen LogP contribution in [0.4, 0.5) is 5.13 Å². The molecule has 14 heavy (non-hydrogen) atoms. The minimum atomic E-state index is -0.194. The van der Waals surface area contributed by atoms with Crippen LogP contribution in [0.5, 0.6) is 0 Å². The minimum Gasteiger partial charge on any atom is -0.349 e. The molecule has 0 fully saturated rings. The molecular formula is C8H6N4OS. The van der Waals surface area contributed by atoms with E-state index in [2.05, 4.69) is 21.3 Å². The first-order chi connectivity index (χ1) is 6.81. The summed E-state index contributed by atoms with van der Waals surface area (Å²) in [6.45, 7) is 0.384. The van der Waals surface area contributed by atoms with Crippen LogP contribution in [0, 0.1) is 12.3 Å². The number of anilines is 1. The van der Waals surface area contributed by atoms with Gasteiger partial charge in [0.25, 0.3) is 5.56 Å². The molecule has 2 heterocycles. The molecule has 0 saturated heterocycles. The number of hydrogen-bond donors (Lipinski definition) is 1. The molecule has 0 saturated carbocycles. The SMILES string of the molecule is C#CCNc1nn2c(=O)ccnc2s1. The lowest BCUT2D eigenvalue weighted by Crippen LogP contribution is -2.12. The van der Waals surface area contributed by atoms with E-state index >= 15 is 0 Å². The topological polar surface area (TPSA) is 59.3 Å². The Kier molecular flexibility index (Phi) is 2.16. The molecule has 0 radical (unpaired) electrons. The van der Waals surface area contributed by atoms with E-state index in [9.17, 15) is 4.79 Å². The number of rotatable bonds is 2. The van der Waals surface area contributed by atoms with Gasteiger partial charge in [0.1, 0.15) is 0 Å². The molecule has 2 aromatic rings. The van der Waals surface area contributed by atoms with Crippen LogP contribution in [0.15, 0.2) is 17.1 Å². The summed E-state index contributed by atoms with van der Waals surface area (Å²) in [5, 5.41) is 7.48. The molecule has 0 aliphatic carbocycles. The normalized spacial score (nSPS) is 9.93. The van der Waals surface area contributed by atoms with E-state index in [0.29, 0.717) is 16.6 Å². The Hall–Kier alpha value is -1.87. The first-order valence-electron chi connectivity index (χ1n) is 3.83. The second-order valence-corrected chi connectivity index (χ2v) is 3.40. The molecule has 0 atom stereocenters. The van der Waals surface area contributed by atoms with Crippen LogP contribution >= 0.6 is 11.3 Å². The standard InChI is InChI=1S/C8H6N4OS/c1-2-4-9-7-11-12-6(13)3-5-10-8(12)14-7/h1,3,5H,4H2,(H,9,11). The van der Waals surface area contributed by atoms with Gasteiger partial charge in [-0.15, -0.1) is 11.5 Å². The molecule has 0 aliphatic heterocycles. The smallest absolute Gasteiger partial charge is 0.275 e. The van der Waals surface area contributed by atoms with Crippen LogP contribution in [0.2, 0.25) is 0 Å². The van der Waals surface area contributed by atoms with Crippen molar-refractivity contribution in [3.8, 4) is 12.3 Å². The van der Waals surface area contributed by atoms with Crippen molar-refractivity contribution in [3.05, 3.63) is 22.6 Å². The summed E-state index contributed by atoms with van der Waals surface area (Å²) in [5.41, 5.74) is -0.194. The lowest BCUT2D eigenvalue weighted by Gasteiger charge is -1.90. The number of nitrogens with one attached hydrogen (secondary N) is 1. The predicted molar refractivity (Wildman–Crippen MR) is 54.5 cm³/mol. The molecule has 70 valence electrons. The average molecular weight is 206 g/mol. The van der Waals surface area contributed by atoms with Gasteiger partial charge in [-0.05, 0) is 0 Å². The fraction of sp³-hybridized carbons (Fsp3) is 0.125. The number of nitrogens with zero attached hydrogens (tertiary/aromatic N) is 3. The molecule has 0 bridgehead atoms. The van der Waals surface area contributed by atoms with Crippen molar-refractivity contribution in [2.75, 3.05) is 11.9 Å². The highest BCUT2D eigenvalue weighted by atomic mass is 32.1. The third kappa shape index (κ3) is 1.45. The maximum absolute atomic E-state index is 11.3. The molecule has 2 aromatic heterocycles. The Labute approximate surface area is 83.4 Å². The molecule has 5 nitrogen and oxygen atoms in total. The number of fused-ring (bicyclic) bond motifs is 1. The number of hydrogen-bond acceptors (Lipinski definition) is 5. The third-order valence-electron chi connectivity index (χ3n) is 1.51. The van der Waals surface area contributed by atoms with E-state index in [1.165, 1.54) is 28.1 Å². The van der Waals surface area contributed by atoms with E-state index in [0.717, 1.165) is 0 Å². The lowest BCUT2D eigenvalue weighted by atomic mass is 10.7. The highest BCUT2D eigenvalue weighted by molar-refractivity contribution is 7.20. The van der Waals surface area contributed by atoms with Crippen molar-refractivity contribution < 1.29 is 0 Å². The highest BCUT2D eigenvalue weighted by Gasteiger charge is 2.03. The Morgan fingerprint density at radius 1 is 1.71 bits per heavy atom. The minimum absolute atomic E-state index is 0.194.